The number of thiazole rings is 1. The quantitative estimate of drug-likeness (QED) is 0.502. The third-order valence-corrected chi connectivity index (χ3v) is 6.50. The summed E-state index contributed by atoms with van der Waals surface area (Å²) in [5.41, 5.74) is 2.02. The molecule has 0 radical (unpaired) electrons. The van der Waals surface area contributed by atoms with E-state index in [0.717, 1.165) is 5.56 Å². The van der Waals surface area contributed by atoms with E-state index in [-0.39, 0.29) is 29.0 Å². The molecule has 166 valence electrons. The molecule has 1 aliphatic heterocycles. The van der Waals surface area contributed by atoms with Crippen molar-refractivity contribution < 1.29 is 14.7 Å². The van der Waals surface area contributed by atoms with E-state index in [9.17, 15) is 14.7 Å². The third kappa shape index (κ3) is 5.02. The number of hydrogen-bond donors (Lipinski definition) is 2. The van der Waals surface area contributed by atoms with E-state index >= 15 is 0 Å². The van der Waals surface area contributed by atoms with Crippen LogP contribution in [0.5, 0.6) is 5.75 Å². The van der Waals surface area contributed by atoms with Crippen molar-refractivity contribution in [1.29, 1.82) is 0 Å². The summed E-state index contributed by atoms with van der Waals surface area (Å²) in [7, 11) is 1.72. The minimum Gasteiger partial charge on any atom is -0.506 e. The van der Waals surface area contributed by atoms with Gasteiger partial charge in [0.15, 0.2) is 5.01 Å². The Morgan fingerprint density at radius 2 is 2.10 bits per heavy atom. The van der Waals surface area contributed by atoms with Crippen molar-refractivity contribution in [3.63, 3.8) is 0 Å². The summed E-state index contributed by atoms with van der Waals surface area (Å²) in [4.78, 5) is 32.0. The van der Waals surface area contributed by atoms with Crippen molar-refractivity contribution >= 4 is 40.4 Å². The molecule has 1 saturated heterocycles. The molecule has 31 heavy (non-hydrogen) atoms. The van der Waals surface area contributed by atoms with Gasteiger partial charge in [-0.3, -0.25) is 9.59 Å². The van der Waals surface area contributed by atoms with E-state index in [1.807, 2.05) is 11.4 Å². The van der Waals surface area contributed by atoms with Crippen LogP contribution in [0.4, 0.5) is 5.69 Å². The molecule has 9 heteroatoms. The number of nitrogens with zero attached hydrogens (tertiary/aromatic N) is 3. The van der Waals surface area contributed by atoms with Crippen LogP contribution in [-0.2, 0) is 16.8 Å². The van der Waals surface area contributed by atoms with Gasteiger partial charge in [-0.25, -0.2) is 4.98 Å². The molecule has 2 N–H and O–H groups in total. The van der Waals surface area contributed by atoms with Gasteiger partial charge in [-0.1, -0.05) is 39.0 Å². The minimum absolute atomic E-state index is 0.0243. The molecule has 0 atom stereocenters. The highest BCUT2D eigenvalue weighted by Gasteiger charge is 2.35. The Balaban J connectivity index is 1.62. The molecular weight excluding hydrogens is 436 g/mol. The number of aromatic nitrogens is 1. The smallest absolute Gasteiger partial charge is 0.282 e. The van der Waals surface area contributed by atoms with E-state index in [4.69, 9.17) is 11.6 Å². The first-order chi connectivity index (χ1) is 14.5. The molecule has 1 aromatic heterocycles. The van der Waals surface area contributed by atoms with Gasteiger partial charge in [0.25, 0.3) is 5.91 Å². The summed E-state index contributed by atoms with van der Waals surface area (Å²) in [5, 5.41) is 16.1. The maximum Gasteiger partial charge on any atom is 0.282 e. The number of amides is 2. The Labute approximate surface area is 191 Å². The minimum atomic E-state index is -0.170. The Morgan fingerprint density at radius 1 is 1.42 bits per heavy atom. The first-order valence-corrected chi connectivity index (χ1v) is 11.2. The Bertz CT molecular complexity index is 1010. The summed E-state index contributed by atoms with van der Waals surface area (Å²) >= 11 is 7.56. The maximum atomic E-state index is 12.7. The van der Waals surface area contributed by atoms with Gasteiger partial charge in [-0.15, -0.1) is 11.3 Å². The first-order valence-electron chi connectivity index (χ1n) is 9.91. The molecule has 1 aromatic carbocycles. The van der Waals surface area contributed by atoms with E-state index in [0.29, 0.717) is 41.0 Å². The summed E-state index contributed by atoms with van der Waals surface area (Å²) < 4.78 is 0. The number of anilines is 1. The molecule has 1 fully saturated rings. The van der Waals surface area contributed by atoms with Gasteiger partial charge < -0.3 is 20.2 Å². The molecule has 0 saturated carbocycles. The van der Waals surface area contributed by atoms with Crippen molar-refractivity contribution in [2.75, 3.05) is 25.5 Å². The molecule has 0 bridgehead atoms. The van der Waals surface area contributed by atoms with Gasteiger partial charge in [0.2, 0.25) is 5.91 Å². The van der Waals surface area contributed by atoms with Gasteiger partial charge in [0.05, 0.1) is 24.0 Å². The predicted molar refractivity (Wildman–Crippen MR) is 124 cm³/mol. The number of likely N-dealkylation sites (N-methyl/N-ethyl adjacent to an activating group) is 1. The lowest BCUT2D eigenvalue weighted by Gasteiger charge is -2.43. The molecule has 1 aliphatic rings. The number of halogens is 1. The number of benzene rings is 1. The number of rotatable bonds is 6. The van der Waals surface area contributed by atoms with Crippen molar-refractivity contribution in [3.8, 4) is 5.75 Å². The summed E-state index contributed by atoms with van der Waals surface area (Å²) in [5.74, 6) is -0.232. The molecule has 2 amide bonds. The molecule has 0 spiro atoms. The number of nitrogens with one attached hydrogen (secondary N) is 1. The van der Waals surface area contributed by atoms with Gasteiger partial charge in [-0.2, -0.15) is 0 Å². The van der Waals surface area contributed by atoms with Crippen LogP contribution in [0.2, 0.25) is 5.02 Å². The van der Waals surface area contributed by atoms with Gasteiger partial charge in [0.1, 0.15) is 5.75 Å². The topological polar surface area (TPSA) is 85.8 Å². The van der Waals surface area contributed by atoms with Crippen LogP contribution < -0.4 is 5.32 Å². The monoisotopic (exact) mass is 462 g/mol. The van der Waals surface area contributed by atoms with Crippen LogP contribution in [0.3, 0.4) is 0 Å². The molecule has 2 aromatic rings. The van der Waals surface area contributed by atoms with Crippen LogP contribution in [0.1, 0.15) is 41.8 Å². The Morgan fingerprint density at radius 3 is 2.71 bits per heavy atom. The number of aromatic hydroxyl groups is 1. The lowest BCUT2D eigenvalue weighted by atomic mass is 9.86. The van der Waals surface area contributed by atoms with Gasteiger partial charge in [0, 0.05) is 36.6 Å². The van der Waals surface area contributed by atoms with Crippen molar-refractivity contribution in [1.82, 2.24) is 14.8 Å². The van der Waals surface area contributed by atoms with Gasteiger partial charge in [-0.05, 0) is 23.1 Å². The van der Waals surface area contributed by atoms with Crippen LogP contribution in [0.15, 0.2) is 30.2 Å². The summed E-state index contributed by atoms with van der Waals surface area (Å²) in [6.07, 6.45) is 1.28. The number of carbonyl (C=O) groups is 2. The fraction of sp³-hybridized carbons (Fsp3) is 0.409. The fourth-order valence-electron chi connectivity index (χ4n) is 3.28. The fourth-order valence-corrected chi connectivity index (χ4v) is 4.52. The molecular formula is C22H27ClN4O3S. The summed E-state index contributed by atoms with van der Waals surface area (Å²) in [6, 6.07) is 3.36. The third-order valence-electron chi connectivity index (χ3n) is 5.30. The largest absolute Gasteiger partial charge is 0.506 e. The number of hydrogen-bond acceptors (Lipinski definition) is 6. The predicted octanol–water partition coefficient (Wildman–Crippen LogP) is 3.88. The van der Waals surface area contributed by atoms with Gasteiger partial charge >= 0.3 is 0 Å². The van der Waals surface area contributed by atoms with Crippen LogP contribution in [0, 0.1) is 0 Å². The summed E-state index contributed by atoms with van der Waals surface area (Å²) in [6.45, 7) is 11.0. The highest BCUT2D eigenvalue weighted by atomic mass is 35.5. The molecule has 0 aliphatic carbocycles. The average Bonchev–Trinajstić information content (AvgIpc) is 3.13. The van der Waals surface area contributed by atoms with Crippen LogP contribution >= 0.6 is 22.9 Å². The molecule has 2 heterocycles. The average molecular weight is 463 g/mol. The maximum absolute atomic E-state index is 12.7. The standard InChI is InChI=1S/C22H27ClN4O3S/c1-6-19(29)27-10-14(11-27)26(5)21(30)20-25-13(12-31-20)9-24-17-7-15(22(2,3)4)16(23)8-18(17)28/h6-8,12,14,24,28H,1,9-11H2,2-5H3. The zero-order valence-electron chi connectivity index (χ0n) is 18.1. The second kappa shape index (κ2) is 8.88. The Hall–Kier alpha value is -2.58. The number of carbonyl (C=O) groups excluding carboxylic acids is 2. The number of phenols is 1. The highest BCUT2D eigenvalue weighted by molar-refractivity contribution is 7.11. The van der Waals surface area contributed by atoms with Crippen molar-refractivity contribution in [3.05, 3.63) is 51.5 Å². The second-order valence-corrected chi connectivity index (χ2v) is 9.88. The van der Waals surface area contributed by atoms with E-state index in [2.05, 4.69) is 37.7 Å². The van der Waals surface area contributed by atoms with E-state index in [1.165, 1.54) is 23.5 Å². The zero-order valence-corrected chi connectivity index (χ0v) is 19.7. The van der Waals surface area contributed by atoms with Crippen LogP contribution in [0.25, 0.3) is 0 Å². The van der Waals surface area contributed by atoms with E-state index < -0.39 is 0 Å². The number of phenolic OH excluding ortho intramolecular Hbond substituents is 1. The van der Waals surface area contributed by atoms with Crippen LogP contribution in [-0.4, -0.2) is 57.9 Å². The second-order valence-electron chi connectivity index (χ2n) is 8.61. The van der Waals surface area contributed by atoms with E-state index in [1.54, 1.807) is 16.8 Å². The molecule has 7 nitrogen and oxygen atoms in total. The SMILES string of the molecule is C=CC(=O)N1CC(N(C)C(=O)c2nc(CNc3cc(C(C)(C)C)c(Cl)cc3O)cs2)C1. The van der Waals surface area contributed by atoms with Crippen molar-refractivity contribution in [2.24, 2.45) is 0 Å². The highest BCUT2D eigenvalue weighted by Crippen LogP contribution is 2.37. The number of likely N-dealkylation sites (tertiary alicyclic amines) is 1. The first kappa shape index (κ1) is 23.1. The Kier molecular flexibility index (Phi) is 6.62. The lowest BCUT2D eigenvalue weighted by molar-refractivity contribution is -0.132. The molecule has 3 rings (SSSR count). The zero-order chi connectivity index (χ0) is 22.9. The van der Waals surface area contributed by atoms with Crippen molar-refractivity contribution in [2.45, 2.75) is 38.8 Å². The normalized spacial score (nSPS) is 14.2. The molecule has 0 unspecified atom stereocenters. The lowest BCUT2D eigenvalue weighted by Crippen LogP contribution is -2.61.